The fourth-order valence-electron chi connectivity index (χ4n) is 3.12. The number of aryl methyl sites for hydroxylation is 1. The quantitative estimate of drug-likeness (QED) is 0.778. The molecule has 0 saturated heterocycles. The Labute approximate surface area is 154 Å². The second-order valence-electron chi connectivity index (χ2n) is 6.46. The molecule has 1 aromatic carbocycles. The van der Waals surface area contributed by atoms with Crippen LogP contribution < -0.4 is 26.5 Å². The molecule has 9 nitrogen and oxygen atoms in total. The Morgan fingerprint density at radius 2 is 1.96 bits per heavy atom. The second kappa shape index (κ2) is 6.92. The van der Waals surface area contributed by atoms with Crippen LogP contribution in [0.4, 0.5) is 0 Å². The Kier molecular flexibility index (Phi) is 4.79. The van der Waals surface area contributed by atoms with Gasteiger partial charge in [0.2, 0.25) is 0 Å². The van der Waals surface area contributed by atoms with Crippen molar-refractivity contribution in [2.45, 2.75) is 26.0 Å². The molecule has 144 valence electrons. The molecule has 0 bridgehead atoms. The highest BCUT2D eigenvalue weighted by atomic mass is 16.6. The number of hydrogen-bond acceptors (Lipinski definition) is 6. The van der Waals surface area contributed by atoms with Crippen molar-refractivity contribution in [3.63, 3.8) is 0 Å². The molecule has 3 N–H and O–H groups in total. The molecule has 1 atom stereocenters. The summed E-state index contributed by atoms with van der Waals surface area (Å²) >= 11 is 0. The van der Waals surface area contributed by atoms with Crippen molar-refractivity contribution in [2.75, 3.05) is 6.61 Å². The van der Waals surface area contributed by atoms with E-state index in [0.29, 0.717) is 28.1 Å². The van der Waals surface area contributed by atoms with Crippen molar-refractivity contribution in [1.82, 2.24) is 9.13 Å². The topological polar surface area (TPSA) is 126 Å². The van der Waals surface area contributed by atoms with Crippen molar-refractivity contribution in [2.24, 2.45) is 19.8 Å². The van der Waals surface area contributed by atoms with Gasteiger partial charge in [-0.25, -0.2) is 4.79 Å². The SMILES string of the molecule is Cc1c(-c2ccc(CCC(=O)O)c3c2O[C@H](N)CO3)c(=O)n(C)c(=O)n1C. The lowest BCUT2D eigenvalue weighted by atomic mass is 9.98. The molecule has 0 radical (unpaired) electrons. The van der Waals surface area contributed by atoms with Gasteiger partial charge in [0.25, 0.3) is 5.56 Å². The Morgan fingerprint density at radius 3 is 2.63 bits per heavy atom. The Balaban J connectivity index is 2.26. The summed E-state index contributed by atoms with van der Waals surface area (Å²) in [7, 11) is 2.99. The normalized spacial score (nSPS) is 15.6. The van der Waals surface area contributed by atoms with Crippen LogP contribution in [0.3, 0.4) is 0 Å². The first-order valence-electron chi connectivity index (χ1n) is 8.42. The van der Waals surface area contributed by atoms with Crippen molar-refractivity contribution >= 4 is 5.97 Å². The van der Waals surface area contributed by atoms with E-state index in [1.54, 1.807) is 26.1 Å². The maximum Gasteiger partial charge on any atom is 0.330 e. The summed E-state index contributed by atoms with van der Waals surface area (Å²) in [5.41, 5.74) is 6.85. The van der Waals surface area contributed by atoms with Crippen molar-refractivity contribution in [1.29, 1.82) is 0 Å². The lowest BCUT2D eigenvalue weighted by Crippen LogP contribution is -2.40. The zero-order valence-electron chi connectivity index (χ0n) is 15.3. The molecule has 0 spiro atoms. The van der Waals surface area contributed by atoms with Crippen LogP contribution in [0, 0.1) is 6.92 Å². The highest BCUT2D eigenvalue weighted by molar-refractivity contribution is 5.77. The molecule has 9 heteroatoms. The van der Waals surface area contributed by atoms with Crippen LogP contribution in [-0.2, 0) is 25.3 Å². The van der Waals surface area contributed by atoms with Crippen LogP contribution in [0.2, 0.25) is 0 Å². The van der Waals surface area contributed by atoms with E-state index < -0.39 is 23.4 Å². The van der Waals surface area contributed by atoms with Gasteiger partial charge in [-0.15, -0.1) is 0 Å². The first kappa shape index (κ1) is 18.7. The van der Waals surface area contributed by atoms with Gasteiger partial charge in [0.1, 0.15) is 6.61 Å². The van der Waals surface area contributed by atoms with Crippen LogP contribution >= 0.6 is 0 Å². The number of aliphatic carboxylic acids is 1. The molecule has 0 unspecified atom stereocenters. The average molecular weight is 375 g/mol. The molecule has 2 aromatic rings. The van der Waals surface area contributed by atoms with E-state index >= 15 is 0 Å². The third kappa shape index (κ3) is 3.21. The van der Waals surface area contributed by atoms with Gasteiger partial charge in [-0.1, -0.05) is 6.07 Å². The molecule has 0 saturated carbocycles. The number of nitrogens with zero attached hydrogens (tertiary/aromatic N) is 2. The largest absolute Gasteiger partial charge is 0.484 e. The van der Waals surface area contributed by atoms with Gasteiger partial charge in [-0.2, -0.15) is 0 Å². The highest BCUT2D eigenvalue weighted by Crippen LogP contribution is 2.43. The minimum absolute atomic E-state index is 0.0676. The number of ether oxygens (including phenoxy) is 2. The van der Waals surface area contributed by atoms with Crippen molar-refractivity contribution in [3.8, 4) is 22.6 Å². The van der Waals surface area contributed by atoms with Gasteiger partial charge < -0.3 is 19.1 Å². The van der Waals surface area contributed by atoms with E-state index in [0.717, 1.165) is 4.57 Å². The van der Waals surface area contributed by atoms with Crippen LogP contribution in [0.5, 0.6) is 11.5 Å². The predicted molar refractivity (Wildman–Crippen MR) is 97.2 cm³/mol. The van der Waals surface area contributed by atoms with E-state index in [2.05, 4.69) is 0 Å². The van der Waals surface area contributed by atoms with Crippen molar-refractivity contribution in [3.05, 3.63) is 44.2 Å². The third-order valence-corrected chi connectivity index (χ3v) is 4.69. The Hall–Kier alpha value is -3.07. The van der Waals surface area contributed by atoms with Gasteiger partial charge in [0, 0.05) is 31.8 Å². The van der Waals surface area contributed by atoms with Crippen LogP contribution in [0.25, 0.3) is 11.1 Å². The van der Waals surface area contributed by atoms with E-state index in [9.17, 15) is 14.4 Å². The fraction of sp³-hybridized carbons (Fsp3) is 0.389. The van der Waals surface area contributed by atoms with Crippen LogP contribution in [0.15, 0.2) is 21.7 Å². The summed E-state index contributed by atoms with van der Waals surface area (Å²) < 4.78 is 13.9. The minimum atomic E-state index is -0.927. The Bertz CT molecular complexity index is 1040. The average Bonchev–Trinajstić information content (AvgIpc) is 2.63. The number of benzene rings is 1. The van der Waals surface area contributed by atoms with E-state index in [-0.39, 0.29) is 25.2 Å². The third-order valence-electron chi connectivity index (χ3n) is 4.69. The number of nitrogens with two attached hydrogens (primary N) is 1. The number of hydrogen-bond donors (Lipinski definition) is 2. The molecule has 3 rings (SSSR count). The molecule has 1 aliphatic heterocycles. The molecule has 0 amide bonds. The maximum absolute atomic E-state index is 12.8. The maximum atomic E-state index is 12.8. The number of carboxylic acid groups (broad SMARTS) is 1. The van der Waals surface area contributed by atoms with Crippen LogP contribution in [-0.4, -0.2) is 33.0 Å². The monoisotopic (exact) mass is 375 g/mol. The first-order valence-corrected chi connectivity index (χ1v) is 8.42. The van der Waals surface area contributed by atoms with Gasteiger partial charge in [0.15, 0.2) is 17.7 Å². The molecule has 0 fully saturated rings. The lowest BCUT2D eigenvalue weighted by molar-refractivity contribution is -0.136. The van der Waals surface area contributed by atoms with Gasteiger partial charge in [-0.05, 0) is 25.0 Å². The standard InChI is InChI=1S/C18H21N3O6/c1-9-14(17(24)21(3)18(25)20(9)2)11-6-4-10(5-7-13(22)23)15-16(11)27-12(19)8-26-15/h4,6,12H,5,7-8,19H2,1-3H3,(H,22,23)/t12-/m0/s1. The molecule has 0 aliphatic carbocycles. The number of fused-ring (bicyclic) bond motifs is 1. The summed E-state index contributed by atoms with van der Waals surface area (Å²) in [6.45, 7) is 1.78. The second-order valence-corrected chi connectivity index (χ2v) is 6.46. The van der Waals surface area contributed by atoms with Crippen LogP contribution in [0.1, 0.15) is 17.7 Å². The number of carboxylic acids is 1. The predicted octanol–water partition coefficient (Wildman–Crippen LogP) is 0.133. The van der Waals surface area contributed by atoms with E-state index in [1.807, 2.05) is 0 Å². The molecule has 1 aromatic heterocycles. The molecular weight excluding hydrogens is 354 g/mol. The number of rotatable bonds is 4. The van der Waals surface area contributed by atoms with Gasteiger partial charge >= 0.3 is 11.7 Å². The lowest BCUT2D eigenvalue weighted by Gasteiger charge is -2.28. The summed E-state index contributed by atoms with van der Waals surface area (Å²) in [6, 6.07) is 3.38. The summed E-state index contributed by atoms with van der Waals surface area (Å²) in [5.74, 6) is -0.259. The Morgan fingerprint density at radius 1 is 1.26 bits per heavy atom. The summed E-state index contributed by atoms with van der Waals surface area (Å²) in [4.78, 5) is 35.8. The molecule has 1 aliphatic rings. The van der Waals surface area contributed by atoms with E-state index in [4.69, 9.17) is 20.3 Å². The summed E-state index contributed by atoms with van der Waals surface area (Å²) in [6.07, 6.45) is -0.537. The summed E-state index contributed by atoms with van der Waals surface area (Å²) in [5, 5.41) is 8.94. The zero-order chi connectivity index (χ0) is 19.9. The zero-order valence-corrected chi connectivity index (χ0v) is 15.3. The fourth-order valence-corrected chi connectivity index (χ4v) is 3.12. The van der Waals surface area contributed by atoms with Crippen molar-refractivity contribution < 1.29 is 19.4 Å². The number of aromatic nitrogens is 2. The molecule has 27 heavy (non-hydrogen) atoms. The van der Waals surface area contributed by atoms with Gasteiger partial charge in [0.05, 0.1) is 5.56 Å². The first-order chi connectivity index (χ1) is 12.7. The molecular formula is C18H21N3O6. The molecule has 2 heterocycles. The number of carbonyl (C=O) groups is 1. The highest BCUT2D eigenvalue weighted by Gasteiger charge is 2.27. The minimum Gasteiger partial charge on any atom is -0.484 e. The van der Waals surface area contributed by atoms with E-state index in [1.165, 1.54) is 11.6 Å². The van der Waals surface area contributed by atoms with Gasteiger partial charge in [-0.3, -0.25) is 19.9 Å². The smallest absolute Gasteiger partial charge is 0.330 e.